The number of aromatic nitrogens is 1. The Bertz CT molecular complexity index is 825. The van der Waals surface area contributed by atoms with E-state index in [1.54, 1.807) is 0 Å². The van der Waals surface area contributed by atoms with Crippen LogP contribution in [0.1, 0.15) is 37.3 Å². The quantitative estimate of drug-likeness (QED) is 0.637. The summed E-state index contributed by atoms with van der Waals surface area (Å²) in [4.78, 5) is 17.2. The molecule has 0 spiro atoms. The summed E-state index contributed by atoms with van der Waals surface area (Å²) in [5, 5.41) is 5.61. The van der Waals surface area contributed by atoms with Gasteiger partial charge in [-0.05, 0) is 24.0 Å². The average molecular weight is 350 g/mol. The molecule has 0 saturated heterocycles. The molecule has 2 aromatic carbocycles. The SMILES string of the molecule is CCc1ccc(-c2csc(NC(=O)[C@@H](CC)c3ccccc3)n2)cc1. The van der Waals surface area contributed by atoms with Crippen molar-refractivity contribution in [2.75, 3.05) is 5.32 Å². The fraction of sp³-hybridized carbons (Fsp3) is 0.238. The Morgan fingerprint density at radius 1 is 1.08 bits per heavy atom. The smallest absolute Gasteiger partial charge is 0.233 e. The zero-order valence-corrected chi connectivity index (χ0v) is 15.3. The van der Waals surface area contributed by atoms with Gasteiger partial charge in [-0.25, -0.2) is 4.98 Å². The summed E-state index contributed by atoms with van der Waals surface area (Å²) in [5.74, 6) is -0.159. The molecular weight excluding hydrogens is 328 g/mol. The van der Waals surface area contributed by atoms with E-state index in [1.165, 1.54) is 16.9 Å². The first kappa shape index (κ1) is 17.4. The lowest BCUT2D eigenvalue weighted by molar-refractivity contribution is -0.117. The van der Waals surface area contributed by atoms with Crippen molar-refractivity contribution < 1.29 is 4.79 Å². The van der Waals surface area contributed by atoms with Crippen LogP contribution in [0.25, 0.3) is 11.3 Å². The summed E-state index contributed by atoms with van der Waals surface area (Å²) in [6.07, 6.45) is 1.78. The van der Waals surface area contributed by atoms with Crippen molar-refractivity contribution in [1.29, 1.82) is 0 Å². The predicted molar refractivity (Wildman–Crippen MR) is 105 cm³/mol. The highest BCUT2D eigenvalue weighted by Gasteiger charge is 2.19. The summed E-state index contributed by atoms with van der Waals surface area (Å²) >= 11 is 1.46. The first-order chi connectivity index (χ1) is 12.2. The van der Waals surface area contributed by atoms with Gasteiger partial charge in [-0.3, -0.25) is 4.79 Å². The molecule has 3 rings (SSSR count). The van der Waals surface area contributed by atoms with E-state index in [2.05, 4.69) is 41.5 Å². The number of nitrogens with one attached hydrogen (secondary N) is 1. The van der Waals surface area contributed by atoms with Gasteiger partial charge in [0.25, 0.3) is 0 Å². The number of nitrogens with zero attached hydrogens (tertiary/aromatic N) is 1. The molecule has 0 aliphatic heterocycles. The van der Waals surface area contributed by atoms with Gasteiger partial charge in [0.2, 0.25) is 5.91 Å². The zero-order chi connectivity index (χ0) is 17.6. The highest BCUT2D eigenvalue weighted by atomic mass is 32.1. The number of amides is 1. The van der Waals surface area contributed by atoms with Crippen molar-refractivity contribution in [1.82, 2.24) is 4.98 Å². The number of anilines is 1. The number of carbonyl (C=O) groups excluding carboxylic acids is 1. The van der Waals surface area contributed by atoms with E-state index < -0.39 is 0 Å². The maximum absolute atomic E-state index is 12.6. The lowest BCUT2D eigenvalue weighted by atomic mass is 9.96. The fourth-order valence-corrected chi connectivity index (χ4v) is 3.55. The van der Waals surface area contributed by atoms with E-state index in [-0.39, 0.29) is 11.8 Å². The van der Waals surface area contributed by atoms with Gasteiger partial charge in [-0.2, -0.15) is 0 Å². The van der Waals surface area contributed by atoms with E-state index in [1.807, 2.05) is 42.6 Å². The Morgan fingerprint density at radius 3 is 2.44 bits per heavy atom. The summed E-state index contributed by atoms with van der Waals surface area (Å²) in [5.41, 5.74) is 4.32. The van der Waals surface area contributed by atoms with Gasteiger partial charge in [-0.1, -0.05) is 68.4 Å². The Kier molecular flexibility index (Phi) is 5.61. The molecule has 25 heavy (non-hydrogen) atoms. The van der Waals surface area contributed by atoms with Crippen molar-refractivity contribution in [3.63, 3.8) is 0 Å². The molecule has 0 radical (unpaired) electrons. The molecule has 0 saturated carbocycles. The van der Waals surface area contributed by atoms with E-state index in [9.17, 15) is 4.79 Å². The van der Waals surface area contributed by atoms with Crippen LogP contribution in [0.4, 0.5) is 5.13 Å². The second-order valence-electron chi connectivity index (χ2n) is 5.95. The Balaban J connectivity index is 1.72. The molecular formula is C21H22N2OS. The molecule has 1 atom stereocenters. The van der Waals surface area contributed by atoms with E-state index in [4.69, 9.17) is 0 Å². The average Bonchev–Trinajstić information content (AvgIpc) is 3.12. The first-order valence-corrected chi connectivity index (χ1v) is 9.49. The maximum Gasteiger partial charge on any atom is 0.233 e. The first-order valence-electron chi connectivity index (χ1n) is 8.62. The summed E-state index contributed by atoms with van der Waals surface area (Å²) in [6.45, 7) is 4.17. The van der Waals surface area contributed by atoms with Crippen molar-refractivity contribution in [3.8, 4) is 11.3 Å². The second-order valence-corrected chi connectivity index (χ2v) is 6.81. The fourth-order valence-electron chi connectivity index (χ4n) is 2.83. The van der Waals surface area contributed by atoms with Crippen LogP contribution in [0.15, 0.2) is 60.0 Å². The molecule has 3 nitrogen and oxygen atoms in total. The third-order valence-corrected chi connectivity index (χ3v) is 5.08. The zero-order valence-electron chi connectivity index (χ0n) is 14.5. The number of hydrogen-bond acceptors (Lipinski definition) is 3. The van der Waals surface area contributed by atoms with Gasteiger partial charge in [0.1, 0.15) is 0 Å². The largest absolute Gasteiger partial charge is 0.301 e. The van der Waals surface area contributed by atoms with Crippen LogP contribution in [0, 0.1) is 0 Å². The van der Waals surface area contributed by atoms with Crippen LogP contribution in [-0.4, -0.2) is 10.9 Å². The van der Waals surface area contributed by atoms with E-state index in [0.717, 1.165) is 29.7 Å². The maximum atomic E-state index is 12.6. The van der Waals surface area contributed by atoms with Crippen LogP contribution in [0.5, 0.6) is 0 Å². The lowest BCUT2D eigenvalue weighted by Crippen LogP contribution is -2.20. The molecule has 1 heterocycles. The van der Waals surface area contributed by atoms with Gasteiger partial charge in [0.15, 0.2) is 5.13 Å². The molecule has 0 aliphatic carbocycles. The third-order valence-electron chi connectivity index (χ3n) is 4.32. The number of benzene rings is 2. The van der Waals surface area contributed by atoms with Crippen molar-refractivity contribution in [3.05, 3.63) is 71.1 Å². The number of thiazole rings is 1. The molecule has 0 bridgehead atoms. The second kappa shape index (κ2) is 8.08. The Morgan fingerprint density at radius 2 is 1.80 bits per heavy atom. The summed E-state index contributed by atoms with van der Waals surface area (Å²) in [7, 11) is 0. The summed E-state index contributed by atoms with van der Waals surface area (Å²) in [6, 6.07) is 18.3. The van der Waals surface area contributed by atoms with Crippen molar-refractivity contribution >= 4 is 22.4 Å². The molecule has 3 aromatic rings. The van der Waals surface area contributed by atoms with Gasteiger partial charge in [-0.15, -0.1) is 11.3 Å². The Hall–Kier alpha value is -2.46. The van der Waals surface area contributed by atoms with Crippen LogP contribution >= 0.6 is 11.3 Å². The number of rotatable bonds is 6. The van der Waals surface area contributed by atoms with Crippen molar-refractivity contribution in [2.24, 2.45) is 0 Å². The minimum atomic E-state index is -0.155. The molecule has 0 unspecified atom stereocenters. The number of hydrogen-bond donors (Lipinski definition) is 1. The topological polar surface area (TPSA) is 42.0 Å². The minimum absolute atomic E-state index is 0.00377. The summed E-state index contributed by atoms with van der Waals surface area (Å²) < 4.78 is 0. The van der Waals surface area contributed by atoms with Crippen molar-refractivity contribution in [2.45, 2.75) is 32.6 Å². The van der Waals surface area contributed by atoms with Gasteiger partial charge >= 0.3 is 0 Å². The molecule has 1 amide bonds. The standard InChI is InChI=1S/C21H22N2OS/c1-3-15-10-12-17(13-11-15)19-14-25-21(22-19)23-20(24)18(4-2)16-8-6-5-7-9-16/h5-14,18H,3-4H2,1-2H3,(H,22,23,24)/t18-/m0/s1. The molecule has 128 valence electrons. The van der Waals surface area contributed by atoms with Crippen LogP contribution in [-0.2, 0) is 11.2 Å². The number of aryl methyl sites for hydroxylation is 1. The molecule has 4 heteroatoms. The highest BCUT2D eigenvalue weighted by Crippen LogP contribution is 2.27. The molecule has 1 N–H and O–H groups in total. The normalized spacial score (nSPS) is 11.9. The van der Waals surface area contributed by atoms with Crippen LogP contribution < -0.4 is 5.32 Å². The van der Waals surface area contributed by atoms with E-state index >= 15 is 0 Å². The molecule has 0 fully saturated rings. The predicted octanol–water partition coefficient (Wildman–Crippen LogP) is 5.50. The Labute approximate surface area is 152 Å². The van der Waals surface area contributed by atoms with E-state index in [0.29, 0.717) is 5.13 Å². The van der Waals surface area contributed by atoms with Gasteiger partial charge in [0.05, 0.1) is 11.6 Å². The van der Waals surface area contributed by atoms with Crippen LogP contribution in [0.2, 0.25) is 0 Å². The third kappa shape index (κ3) is 4.15. The molecule has 0 aliphatic rings. The minimum Gasteiger partial charge on any atom is -0.301 e. The van der Waals surface area contributed by atoms with Gasteiger partial charge in [0, 0.05) is 10.9 Å². The van der Waals surface area contributed by atoms with Crippen LogP contribution in [0.3, 0.4) is 0 Å². The van der Waals surface area contributed by atoms with Gasteiger partial charge < -0.3 is 5.32 Å². The lowest BCUT2D eigenvalue weighted by Gasteiger charge is -2.14. The highest BCUT2D eigenvalue weighted by molar-refractivity contribution is 7.14. The number of carbonyl (C=O) groups is 1. The molecule has 1 aromatic heterocycles. The monoisotopic (exact) mass is 350 g/mol.